The molecule has 0 aliphatic heterocycles. The zero-order valence-electron chi connectivity index (χ0n) is 11.2. The maximum atomic E-state index is 6.55. The van der Waals surface area contributed by atoms with Crippen molar-refractivity contribution in [3.8, 4) is 0 Å². The highest BCUT2D eigenvalue weighted by Crippen LogP contribution is 2.30. The monoisotopic (exact) mass is 258 g/mol. The third-order valence-corrected chi connectivity index (χ3v) is 4.01. The lowest BCUT2D eigenvalue weighted by Crippen LogP contribution is -1.95. The fraction of sp³-hybridized carbons (Fsp3) is 0.294. The SMILES string of the molecule is CCc1ccc(C(Cl)c2ccc(C)c(C)c2)cc1. The van der Waals surface area contributed by atoms with E-state index in [2.05, 4.69) is 63.2 Å². The Morgan fingerprint density at radius 2 is 1.50 bits per heavy atom. The molecule has 18 heavy (non-hydrogen) atoms. The van der Waals surface area contributed by atoms with Gasteiger partial charge in [-0.25, -0.2) is 0 Å². The van der Waals surface area contributed by atoms with Crippen LogP contribution in [0.3, 0.4) is 0 Å². The molecule has 1 unspecified atom stereocenters. The van der Waals surface area contributed by atoms with E-state index in [0.717, 1.165) is 12.0 Å². The van der Waals surface area contributed by atoms with Gasteiger partial charge in [0.2, 0.25) is 0 Å². The molecule has 0 N–H and O–H groups in total. The predicted molar refractivity (Wildman–Crippen MR) is 79.4 cm³/mol. The molecule has 1 atom stereocenters. The van der Waals surface area contributed by atoms with Gasteiger partial charge in [0.15, 0.2) is 0 Å². The van der Waals surface area contributed by atoms with Crippen LogP contribution in [0.2, 0.25) is 0 Å². The first-order valence-corrected chi connectivity index (χ1v) is 6.85. The van der Waals surface area contributed by atoms with Crippen LogP contribution in [0.4, 0.5) is 0 Å². The van der Waals surface area contributed by atoms with E-state index in [4.69, 9.17) is 11.6 Å². The van der Waals surface area contributed by atoms with E-state index in [1.807, 2.05) is 0 Å². The largest absolute Gasteiger partial charge is 0.113 e. The minimum absolute atomic E-state index is 0.0600. The molecule has 0 aliphatic rings. The van der Waals surface area contributed by atoms with Gasteiger partial charge in [0.05, 0.1) is 5.38 Å². The molecule has 0 nitrogen and oxygen atoms in total. The van der Waals surface area contributed by atoms with Crippen molar-refractivity contribution in [1.82, 2.24) is 0 Å². The second-order valence-electron chi connectivity index (χ2n) is 4.80. The number of hydrogen-bond donors (Lipinski definition) is 0. The van der Waals surface area contributed by atoms with Crippen LogP contribution >= 0.6 is 11.6 Å². The van der Waals surface area contributed by atoms with Crippen molar-refractivity contribution in [3.63, 3.8) is 0 Å². The normalized spacial score (nSPS) is 12.4. The van der Waals surface area contributed by atoms with Gasteiger partial charge in [0, 0.05) is 0 Å². The van der Waals surface area contributed by atoms with E-state index in [0.29, 0.717) is 0 Å². The van der Waals surface area contributed by atoms with Crippen molar-refractivity contribution in [1.29, 1.82) is 0 Å². The number of benzene rings is 2. The summed E-state index contributed by atoms with van der Waals surface area (Å²) in [6.45, 7) is 6.41. The Labute approximate surface area is 115 Å². The van der Waals surface area contributed by atoms with Crippen molar-refractivity contribution in [2.24, 2.45) is 0 Å². The summed E-state index contributed by atoms with van der Waals surface area (Å²) in [4.78, 5) is 0. The lowest BCUT2D eigenvalue weighted by molar-refractivity contribution is 1.09. The van der Waals surface area contributed by atoms with E-state index < -0.39 is 0 Å². The number of hydrogen-bond acceptors (Lipinski definition) is 0. The third kappa shape index (κ3) is 2.76. The van der Waals surface area contributed by atoms with Gasteiger partial charge in [0.25, 0.3) is 0 Å². The third-order valence-electron chi connectivity index (χ3n) is 3.50. The Hall–Kier alpha value is -1.27. The van der Waals surface area contributed by atoms with Crippen LogP contribution in [0.5, 0.6) is 0 Å². The van der Waals surface area contributed by atoms with Gasteiger partial charge < -0.3 is 0 Å². The van der Waals surface area contributed by atoms with Crippen molar-refractivity contribution in [3.05, 3.63) is 70.3 Å². The molecule has 0 saturated heterocycles. The molecular weight excluding hydrogens is 240 g/mol. The summed E-state index contributed by atoms with van der Waals surface area (Å²) in [5.41, 5.74) is 6.29. The molecule has 94 valence electrons. The molecule has 0 bridgehead atoms. The summed E-state index contributed by atoms with van der Waals surface area (Å²) in [6.07, 6.45) is 1.07. The highest BCUT2D eigenvalue weighted by Gasteiger charge is 2.11. The van der Waals surface area contributed by atoms with Crippen LogP contribution < -0.4 is 0 Å². The first kappa shape index (κ1) is 13.2. The number of halogens is 1. The van der Waals surface area contributed by atoms with Crippen molar-refractivity contribution < 1.29 is 0 Å². The van der Waals surface area contributed by atoms with Crippen LogP contribution in [0.1, 0.15) is 40.1 Å². The van der Waals surface area contributed by atoms with Gasteiger partial charge in [0.1, 0.15) is 0 Å². The fourth-order valence-electron chi connectivity index (χ4n) is 2.04. The second kappa shape index (κ2) is 5.58. The van der Waals surface area contributed by atoms with Gasteiger partial charge in [-0.15, -0.1) is 11.6 Å². The van der Waals surface area contributed by atoms with E-state index >= 15 is 0 Å². The molecule has 2 aromatic carbocycles. The molecule has 0 fully saturated rings. The highest BCUT2D eigenvalue weighted by molar-refractivity contribution is 6.22. The average molecular weight is 259 g/mol. The maximum Gasteiger partial charge on any atom is 0.0835 e. The Morgan fingerprint density at radius 3 is 2.06 bits per heavy atom. The summed E-state index contributed by atoms with van der Waals surface area (Å²) in [5.74, 6) is 0. The molecule has 0 radical (unpaired) electrons. The summed E-state index contributed by atoms with van der Waals surface area (Å²) in [5, 5.41) is -0.0600. The molecule has 2 aromatic rings. The Bertz CT molecular complexity index is 526. The van der Waals surface area contributed by atoms with Crippen molar-refractivity contribution in [2.45, 2.75) is 32.6 Å². The van der Waals surface area contributed by atoms with Crippen LogP contribution in [0, 0.1) is 13.8 Å². The summed E-state index contributed by atoms with van der Waals surface area (Å²) in [7, 11) is 0. The van der Waals surface area contributed by atoms with Crippen LogP contribution in [-0.2, 0) is 6.42 Å². The summed E-state index contributed by atoms with van der Waals surface area (Å²) >= 11 is 6.55. The lowest BCUT2D eigenvalue weighted by atomic mass is 9.99. The molecule has 0 saturated carbocycles. The topological polar surface area (TPSA) is 0 Å². The zero-order valence-corrected chi connectivity index (χ0v) is 12.0. The molecule has 0 spiro atoms. The van der Waals surface area contributed by atoms with Gasteiger partial charge in [-0.3, -0.25) is 0 Å². The second-order valence-corrected chi connectivity index (χ2v) is 5.24. The molecular formula is C17H19Cl. The fourth-order valence-corrected chi connectivity index (χ4v) is 2.32. The molecule has 0 aliphatic carbocycles. The smallest absolute Gasteiger partial charge is 0.0835 e. The van der Waals surface area contributed by atoms with Crippen LogP contribution in [-0.4, -0.2) is 0 Å². The molecule has 0 amide bonds. The van der Waals surface area contributed by atoms with Gasteiger partial charge in [-0.05, 0) is 48.1 Å². The summed E-state index contributed by atoms with van der Waals surface area (Å²) in [6, 6.07) is 15.0. The van der Waals surface area contributed by atoms with Crippen LogP contribution in [0.25, 0.3) is 0 Å². The molecule has 0 heterocycles. The van der Waals surface area contributed by atoms with Gasteiger partial charge in [-0.1, -0.05) is 49.4 Å². The molecule has 0 aromatic heterocycles. The first-order valence-electron chi connectivity index (χ1n) is 6.42. The van der Waals surface area contributed by atoms with Gasteiger partial charge in [-0.2, -0.15) is 0 Å². The van der Waals surface area contributed by atoms with Gasteiger partial charge >= 0.3 is 0 Å². The summed E-state index contributed by atoms with van der Waals surface area (Å²) < 4.78 is 0. The Balaban J connectivity index is 2.28. The number of rotatable bonds is 3. The minimum atomic E-state index is -0.0600. The van der Waals surface area contributed by atoms with Crippen molar-refractivity contribution in [2.75, 3.05) is 0 Å². The van der Waals surface area contributed by atoms with Crippen LogP contribution in [0.15, 0.2) is 42.5 Å². The predicted octanol–water partition coefficient (Wildman–Crippen LogP) is 5.19. The Morgan fingerprint density at radius 1 is 0.889 bits per heavy atom. The van der Waals surface area contributed by atoms with E-state index in [9.17, 15) is 0 Å². The number of alkyl halides is 1. The quantitative estimate of drug-likeness (QED) is 0.665. The molecule has 2 rings (SSSR count). The standard InChI is InChI=1S/C17H19Cl/c1-4-14-6-9-15(10-7-14)17(18)16-8-5-12(2)13(3)11-16/h5-11,17H,4H2,1-3H3. The maximum absolute atomic E-state index is 6.55. The highest BCUT2D eigenvalue weighted by atomic mass is 35.5. The zero-order chi connectivity index (χ0) is 13.1. The van der Waals surface area contributed by atoms with E-state index in [1.54, 1.807) is 0 Å². The minimum Gasteiger partial charge on any atom is -0.113 e. The first-order chi connectivity index (χ1) is 8.61. The van der Waals surface area contributed by atoms with E-state index in [-0.39, 0.29) is 5.38 Å². The van der Waals surface area contributed by atoms with Crippen molar-refractivity contribution >= 4 is 11.6 Å². The molecule has 1 heteroatoms. The number of aryl methyl sites for hydroxylation is 3. The average Bonchev–Trinajstić information content (AvgIpc) is 2.41. The Kier molecular flexibility index (Phi) is 4.08. The lowest BCUT2D eigenvalue weighted by Gasteiger charge is -2.12. The van der Waals surface area contributed by atoms with E-state index in [1.165, 1.54) is 22.3 Å².